The second kappa shape index (κ2) is 7.20. The van der Waals surface area contributed by atoms with E-state index in [2.05, 4.69) is 109 Å². The molecule has 0 fully saturated rings. The average molecular weight is 415 g/mol. The first kappa shape index (κ1) is 18.6. The van der Waals surface area contributed by atoms with E-state index in [1.54, 1.807) is 0 Å². The number of H-pyrrole nitrogens is 2. The molecular formula is C28H22N4. The molecule has 4 nitrogen and oxygen atoms in total. The summed E-state index contributed by atoms with van der Waals surface area (Å²) in [5.41, 5.74) is 12.5. The number of nitrogens with one attached hydrogen (secondary N) is 2. The topological polar surface area (TPSA) is 57.4 Å². The molecule has 2 aliphatic heterocycles. The zero-order valence-corrected chi connectivity index (χ0v) is 18.0. The summed E-state index contributed by atoms with van der Waals surface area (Å²) < 4.78 is 0. The van der Waals surface area contributed by atoms with Gasteiger partial charge in [-0.25, -0.2) is 9.97 Å². The SMILES string of the molecule is Cc1cccc(C)c1-c1c2nc(cc3ccc(cc4ccc(cc5nc1C=C5)[nH]4)[nH]3)C=C2. The summed E-state index contributed by atoms with van der Waals surface area (Å²) in [4.78, 5) is 16.9. The molecule has 0 aliphatic carbocycles. The van der Waals surface area contributed by atoms with Crippen molar-refractivity contribution in [3.63, 3.8) is 0 Å². The van der Waals surface area contributed by atoms with Gasteiger partial charge in [-0.1, -0.05) is 18.2 Å². The van der Waals surface area contributed by atoms with Gasteiger partial charge in [0.15, 0.2) is 0 Å². The maximum absolute atomic E-state index is 4.98. The number of nitrogens with zero attached hydrogens (tertiary/aromatic N) is 2. The van der Waals surface area contributed by atoms with E-state index >= 15 is 0 Å². The molecule has 4 aromatic rings. The summed E-state index contributed by atoms with van der Waals surface area (Å²) >= 11 is 0. The smallest absolute Gasteiger partial charge is 0.0738 e. The molecule has 0 saturated carbocycles. The second-order valence-corrected chi connectivity index (χ2v) is 8.32. The van der Waals surface area contributed by atoms with Gasteiger partial charge < -0.3 is 9.97 Å². The predicted molar refractivity (Wildman–Crippen MR) is 134 cm³/mol. The molecule has 2 N–H and O–H groups in total. The molecule has 4 heteroatoms. The van der Waals surface area contributed by atoms with Crippen LogP contribution in [-0.2, 0) is 0 Å². The number of aryl methyl sites for hydroxylation is 2. The third kappa shape index (κ3) is 3.26. The van der Waals surface area contributed by atoms with E-state index in [1.165, 1.54) is 16.7 Å². The maximum Gasteiger partial charge on any atom is 0.0738 e. The highest BCUT2D eigenvalue weighted by molar-refractivity contribution is 5.90. The van der Waals surface area contributed by atoms with Crippen LogP contribution in [0.3, 0.4) is 0 Å². The van der Waals surface area contributed by atoms with Crippen molar-refractivity contribution in [3.05, 3.63) is 94.6 Å². The van der Waals surface area contributed by atoms with Crippen molar-refractivity contribution in [1.82, 2.24) is 19.9 Å². The Morgan fingerprint density at radius 2 is 1.00 bits per heavy atom. The summed E-state index contributed by atoms with van der Waals surface area (Å²) in [5.74, 6) is 0. The molecule has 0 unspecified atom stereocenters. The van der Waals surface area contributed by atoms with E-state index in [9.17, 15) is 0 Å². The van der Waals surface area contributed by atoms with E-state index in [0.29, 0.717) is 0 Å². The molecule has 6 rings (SSSR count). The minimum absolute atomic E-state index is 0.921. The van der Waals surface area contributed by atoms with Gasteiger partial charge in [-0.2, -0.15) is 0 Å². The van der Waals surface area contributed by atoms with E-state index in [-0.39, 0.29) is 0 Å². The number of rotatable bonds is 1. The number of fused-ring (bicyclic) bond motifs is 8. The normalized spacial score (nSPS) is 12.4. The van der Waals surface area contributed by atoms with Crippen LogP contribution >= 0.6 is 0 Å². The molecule has 1 aromatic carbocycles. The lowest BCUT2D eigenvalue weighted by molar-refractivity contribution is 1.26. The molecular weight excluding hydrogens is 392 g/mol. The second-order valence-electron chi connectivity index (χ2n) is 8.32. The Bertz CT molecular complexity index is 1480. The van der Waals surface area contributed by atoms with Gasteiger partial charge >= 0.3 is 0 Å². The molecule has 32 heavy (non-hydrogen) atoms. The quantitative estimate of drug-likeness (QED) is 0.306. The monoisotopic (exact) mass is 414 g/mol. The maximum atomic E-state index is 4.98. The van der Waals surface area contributed by atoms with Crippen molar-refractivity contribution in [3.8, 4) is 11.1 Å². The Morgan fingerprint density at radius 3 is 1.50 bits per heavy atom. The van der Waals surface area contributed by atoms with Crippen LogP contribution in [0.1, 0.15) is 33.9 Å². The van der Waals surface area contributed by atoms with Gasteiger partial charge in [0.2, 0.25) is 0 Å². The van der Waals surface area contributed by atoms with Crippen LogP contribution in [0, 0.1) is 13.8 Å². The van der Waals surface area contributed by atoms with E-state index < -0.39 is 0 Å². The van der Waals surface area contributed by atoms with Gasteiger partial charge in [0.05, 0.1) is 22.8 Å². The van der Waals surface area contributed by atoms with Crippen LogP contribution in [-0.4, -0.2) is 19.9 Å². The number of aromatic nitrogens is 4. The highest BCUT2D eigenvalue weighted by atomic mass is 14.8. The fourth-order valence-electron chi connectivity index (χ4n) is 4.47. The summed E-state index contributed by atoms with van der Waals surface area (Å²) in [5, 5.41) is 0. The lowest BCUT2D eigenvalue weighted by Gasteiger charge is -2.12. The minimum Gasteiger partial charge on any atom is -0.355 e. The molecule has 0 amide bonds. The van der Waals surface area contributed by atoms with Crippen molar-refractivity contribution in [2.75, 3.05) is 0 Å². The van der Waals surface area contributed by atoms with Gasteiger partial charge in [-0.15, -0.1) is 0 Å². The molecule has 154 valence electrons. The summed E-state index contributed by atoms with van der Waals surface area (Å²) in [6.45, 7) is 4.30. The molecule has 0 spiro atoms. The Morgan fingerprint density at radius 1 is 0.531 bits per heavy atom. The number of hydrogen-bond donors (Lipinski definition) is 2. The third-order valence-corrected chi connectivity index (χ3v) is 5.95. The largest absolute Gasteiger partial charge is 0.355 e. The van der Waals surface area contributed by atoms with E-state index in [0.717, 1.165) is 50.4 Å². The molecule has 8 bridgehead atoms. The lowest BCUT2D eigenvalue weighted by atomic mass is 9.93. The van der Waals surface area contributed by atoms with E-state index in [4.69, 9.17) is 9.97 Å². The van der Waals surface area contributed by atoms with Crippen LogP contribution in [0.15, 0.2) is 60.7 Å². The first-order valence-electron chi connectivity index (χ1n) is 10.8. The Labute approximate surface area is 186 Å². The summed E-state index contributed by atoms with van der Waals surface area (Å²) in [7, 11) is 0. The molecule has 2 aliphatic rings. The Balaban J connectivity index is 1.75. The summed E-state index contributed by atoms with van der Waals surface area (Å²) in [6, 6.07) is 21.0. The van der Waals surface area contributed by atoms with Crippen molar-refractivity contribution in [2.24, 2.45) is 0 Å². The predicted octanol–water partition coefficient (Wildman–Crippen LogP) is 6.94. The van der Waals surface area contributed by atoms with Crippen molar-refractivity contribution in [2.45, 2.75) is 13.8 Å². The highest BCUT2D eigenvalue weighted by Crippen LogP contribution is 2.35. The van der Waals surface area contributed by atoms with Crippen LogP contribution in [0.25, 0.3) is 57.5 Å². The Kier molecular flexibility index (Phi) is 4.18. The Hall–Kier alpha value is -4.18. The minimum atomic E-state index is 0.921. The third-order valence-electron chi connectivity index (χ3n) is 5.95. The van der Waals surface area contributed by atoms with Crippen LogP contribution < -0.4 is 0 Å². The fourth-order valence-corrected chi connectivity index (χ4v) is 4.47. The highest BCUT2D eigenvalue weighted by Gasteiger charge is 2.17. The zero-order chi connectivity index (χ0) is 21.7. The molecule has 3 aromatic heterocycles. The molecule has 0 atom stereocenters. The van der Waals surface area contributed by atoms with Crippen LogP contribution in [0.4, 0.5) is 0 Å². The molecule has 0 radical (unpaired) electrons. The number of hydrogen-bond acceptors (Lipinski definition) is 2. The first-order valence-corrected chi connectivity index (χ1v) is 10.8. The number of benzene rings is 1. The van der Waals surface area contributed by atoms with Gasteiger partial charge in [0, 0.05) is 27.6 Å². The van der Waals surface area contributed by atoms with Crippen molar-refractivity contribution >= 4 is 46.4 Å². The standard InChI is InChI=1S/C28H22N4/c1-17-4-3-5-18(2)27(17)28-25-12-10-23(31-25)15-21-8-6-19(29-21)14-20-7-9-22(30-20)16-24-11-13-26(28)32-24/h3-16,29-30H,1-2H3. The first-order chi connectivity index (χ1) is 15.6. The van der Waals surface area contributed by atoms with Crippen molar-refractivity contribution < 1.29 is 0 Å². The van der Waals surface area contributed by atoms with Gasteiger partial charge in [-0.3, -0.25) is 0 Å². The molecule has 0 saturated heterocycles. The summed E-state index contributed by atoms with van der Waals surface area (Å²) in [6.07, 6.45) is 8.32. The van der Waals surface area contributed by atoms with Gasteiger partial charge in [0.25, 0.3) is 0 Å². The lowest BCUT2D eigenvalue weighted by Crippen LogP contribution is -1.94. The van der Waals surface area contributed by atoms with E-state index in [1.807, 2.05) is 0 Å². The van der Waals surface area contributed by atoms with Gasteiger partial charge in [-0.05, 0) is 97.3 Å². The zero-order valence-electron chi connectivity index (χ0n) is 18.0. The van der Waals surface area contributed by atoms with Crippen LogP contribution in [0.5, 0.6) is 0 Å². The molecule has 5 heterocycles. The van der Waals surface area contributed by atoms with Crippen LogP contribution in [0.2, 0.25) is 0 Å². The average Bonchev–Trinajstić information content (AvgIpc) is 3.55. The fraction of sp³-hybridized carbons (Fsp3) is 0.0714. The number of aromatic amines is 2. The van der Waals surface area contributed by atoms with Gasteiger partial charge in [0.1, 0.15) is 0 Å². The van der Waals surface area contributed by atoms with Crippen molar-refractivity contribution in [1.29, 1.82) is 0 Å².